The Morgan fingerprint density at radius 1 is 1.19 bits per heavy atom. The second-order valence-corrected chi connectivity index (χ2v) is 7.07. The molecular weight excluding hydrogens is 264 g/mol. The SMILES string of the molecule is COC(=O)C1(NC(C)C)CCCC(N2CCCCCC2)C1. The van der Waals surface area contributed by atoms with Crippen molar-refractivity contribution in [1.29, 1.82) is 0 Å². The number of likely N-dealkylation sites (tertiary alicyclic amines) is 1. The normalized spacial score (nSPS) is 31.9. The molecular formula is C17H32N2O2. The van der Waals surface area contributed by atoms with Crippen LogP contribution in [0.15, 0.2) is 0 Å². The van der Waals surface area contributed by atoms with Crippen molar-refractivity contribution in [2.24, 2.45) is 0 Å². The van der Waals surface area contributed by atoms with Gasteiger partial charge >= 0.3 is 5.97 Å². The lowest BCUT2D eigenvalue weighted by molar-refractivity contribution is -0.151. The van der Waals surface area contributed by atoms with Crippen molar-refractivity contribution in [3.8, 4) is 0 Å². The fourth-order valence-electron chi connectivity index (χ4n) is 4.14. The minimum absolute atomic E-state index is 0.0734. The third-order valence-electron chi connectivity index (χ3n) is 5.02. The molecule has 0 radical (unpaired) electrons. The number of rotatable bonds is 4. The monoisotopic (exact) mass is 296 g/mol. The van der Waals surface area contributed by atoms with Crippen molar-refractivity contribution in [3.63, 3.8) is 0 Å². The lowest BCUT2D eigenvalue weighted by atomic mass is 9.77. The predicted octanol–water partition coefficient (Wildman–Crippen LogP) is 2.71. The number of nitrogens with zero attached hydrogens (tertiary/aromatic N) is 1. The predicted molar refractivity (Wildman–Crippen MR) is 85.3 cm³/mol. The molecule has 0 bridgehead atoms. The molecule has 4 nitrogen and oxygen atoms in total. The highest BCUT2D eigenvalue weighted by Gasteiger charge is 2.45. The molecule has 4 heteroatoms. The Morgan fingerprint density at radius 2 is 1.86 bits per heavy atom. The molecule has 2 unspecified atom stereocenters. The first kappa shape index (κ1) is 16.8. The average Bonchev–Trinajstić information content (AvgIpc) is 2.75. The lowest BCUT2D eigenvalue weighted by Gasteiger charge is -2.44. The maximum absolute atomic E-state index is 12.4. The van der Waals surface area contributed by atoms with E-state index in [1.165, 1.54) is 52.3 Å². The summed E-state index contributed by atoms with van der Waals surface area (Å²) in [5, 5.41) is 3.53. The van der Waals surface area contributed by atoms with Crippen LogP contribution in [0.2, 0.25) is 0 Å². The zero-order valence-electron chi connectivity index (χ0n) is 14.0. The Bertz CT molecular complexity index is 338. The smallest absolute Gasteiger partial charge is 0.326 e. The summed E-state index contributed by atoms with van der Waals surface area (Å²) in [7, 11) is 1.52. The van der Waals surface area contributed by atoms with Crippen LogP contribution in [-0.4, -0.2) is 48.7 Å². The van der Waals surface area contributed by atoms with Crippen molar-refractivity contribution in [2.45, 2.75) is 82.8 Å². The Hall–Kier alpha value is -0.610. The highest BCUT2D eigenvalue weighted by molar-refractivity contribution is 5.81. The summed E-state index contributed by atoms with van der Waals surface area (Å²) in [4.78, 5) is 15.0. The van der Waals surface area contributed by atoms with Gasteiger partial charge < -0.3 is 9.64 Å². The van der Waals surface area contributed by atoms with E-state index >= 15 is 0 Å². The summed E-state index contributed by atoms with van der Waals surface area (Å²) in [6.07, 6.45) is 9.46. The zero-order valence-corrected chi connectivity index (χ0v) is 14.0. The summed E-state index contributed by atoms with van der Waals surface area (Å²) in [5.74, 6) is -0.0734. The van der Waals surface area contributed by atoms with Gasteiger partial charge in [-0.05, 0) is 65.5 Å². The van der Waals surface area contributed by atoms with Gasteiger partial charge in [0, 0.05) is 12.1 Å². The number of hydrogen-bond acceptors (Lipinski definition) is 4. The third kappa shape index (κ3) is 4.19. The Morgan fingerprint density at radius 3 is 2.43 bits per heavy atom. The molecule has 2 fully saturated rings. The quantitative estimate of drug-likeness (QED) is 0.810. The standard InChI is InChI=1S/C17H32N2O2/c1-14(2)18-17(16(20)21-3)10-8-9-15(13-17)19-11-6-4-5-7-12-19/h14-15,18H,4-13H2,1-3H3. The van der Waals surface area contributed by atoms with Crippen molar-refractivity contribution in [2.75, 3.05) is 20.2 Å². The molecule has 21 heavy (non-hydrogen) atoms. The van der Waals surface area contributed by atoms with Crippen LogP contribution in [0, 0.1) is 0 Å². The maximum Gasteiger partial charge on any atom is 0.326 e. The van der Waals surface area contributed by atoms with E-state index < -0.39 is 5.54 Å². The van der Waals surface area contributed by atoms with E-state index in [1.54, 1.807) is 0 Å². The molecule has 0 aromatic carbocycles. The number of nitrogens with one attached hydrogen (secondary N) is 1. The van der Waals surface area contributed by atoms with E-state index in [1.807, 2.05) is 0 Å². The van der Waals surface area contributed by atoms with Crippen LogP contribution in [0.25, 0.3) is 0 Å². The molecule has 2 rings (SSSR count). The first-order valence-electron chi connectivity index (χ1n) is 8.67. The van der Waals surface area contributed by atoms with E-state index in [-0.39, 0.29) is 5.97 Å². The number of esters is 1. The Balaban J connectivity index is 2.09. The van der Waals surface area contributed by atoms with Crippen molar-refractivity contribution in [3.05, 3.63) is 0 Å². The molecule has 0 aromatic heterocycles. The van der Waals surface area contributed by atoms with Crippen molar-refractivity contribution < 1.29 is 9.53 Å². The highest BCUT2D eigenvalue weighted by Crippen LogP contribution is 2.33. The van der Waals surface area contributed by atoms with Crippen LogP contribution in [0.1, 0.15) is 65.2 Å². The summed E-state index contributed by atoms with van der Waals surface area (Å²) >= 11 is 0. The van der Waals surface area contributed by atoms with Gasteiger partial charge in [0.25, 0.3) is 0 Å². The molecule has 1 heterocycles. The molecule has 1 aliphatic carbocycles. The number of ether oxygens (including phenoxy) is 1. The molecule has 0 amide bonds. The van der Waals surface area contributed by atoms with Gasteiger partial charge in [-0.3, -0.25) is 10.1 Å². The average molecular weight is 296 g/mol. The van der Waals surface area contributed by atoms with Gasteiger partial charge in [-0.2, -0.15) is 0 Å². The number of methoxy groups -OCH3 is 1. The summed E-state index contributed by atoms with van der Waals surface area (Å²) in [6, 6.07) is 0.828. The first-order chi connectivity index (χ1) is 10.1. The highest BCUT2D eigenvalue weighted by atomic mass is 16.5. The molecule has 2 atom stereocenters. The number of carbonyl (C=O) groups excluding carboxylic acids is 1. The molecule has 0 aromatic rings. The second kappa shape index (κ2) is 7.59. The van der Waals surface area contributed by atoms with Gasteiger partial charge in [0.2, 0.25) is 0 Å². The van der Waals surface area contributed by atoms with Crippen molar-refractivity contribution in [1.82, 2.24) is 10.2 Å². The molecule has 1 saturated heterocycles. The van der Waals surface area contributed by atoms with Crippen molar-refractivity contribution >= 4 is 5.97 Å². The van der Waals surface area contributed by atoms with Gasteiger partial charge in [-0.15, -0.1) is 0 Å². The van der Waals surface area contributed by atoms with Crippen LogP contribution in [0.5, 0.6) is 0 Å². The van der Waals surface area contributed by atoms with E-state index in [2.05, 4.69) is 24.1 Å². The number of carbonyl (C=O) groups is 1. The Kier molecular flexibility index (Phi) is 6.06. The fourth-order valence-corrected chi connectivity index (χ4v) is 4.14. The van der Waals surface area contributed by atoms with E-state index in [4.69, 9.17) is 4.74 Å². The van der Waals surface area contributed by atoms with Crippen LogP contribution in [0.4, 0.5) is 0 Å². The van der Waals surface area contributed by atoms with Gasteiger partial charge in [-0.25, -0.2) is 0 Å². The fraction of sp³-hybridized carbons (Fsp3) is 0.941. The maximum atomic E-state index is 12.4. The van der Waals surface area contributed by atoms with Crippen LogP contribution in [-0.2, 0) is 9.53 Å². The summed E-state index contributed by atoms with van der Waals surface area (Å²) < 4.78 is 5.13. The van der Waals surface area contributed by atoms with E-state index in [0.29, 0.717) is 12.1 Å². The molecule has 0 spiro atoms. The second-order valence-electron chi connectivity index (χ2n) is 7.07. The van der Waals surface area contributed by atoms with Crippen LogP contribution >= 0.6 is 0 Å². The largest absolute Gasteiger partial charge is 0.468 e. The lowest BCUT2D eigenvalue weighted by Crippen LogP contribution is -2.60. The van der Waals surface area contributed by atoms with Crippen LogP contribution in [0.3, 0.4) is 0 Å². The topological polar surface area (TPSA) is 41.6 Å². The van der Waals surface area contributed by atoms with E-state index in [9.17, 15) is 4.79 Å². The molecule has 122 valence electrons. The first-order valence-corrected chi connectivity index (χ1v) is 8.67. The minimum atomic E-state index is -0.474. The van der Waals surface area contributed by atoms with Gasteiger partial charge in [0.1, 0.15) is 5.54 Å². The molecule has 2 aliphatic rings. The van der Waals surface area contributed by atoms with Gasteiger partial charge in [0.05, 0.1) is 7.11 Å². The molecule has 1 aliphatic heterocycles. The summed E-state index contributed by atoms with van der Waals surface area (Å²) in [5.41, 5.74) is -0.474. The summed E-state index contributed by atoms with van der Waals surface area (Å²) in [6.45, 7) is 6.62. The molecule has 1 N–H and O–H groups in total. The van der Waals surface area contributed by atoms with E-state index in [0.717, 1.165) is 19.3 Å². The number of hydrogen-bond donors (Lipinski definition) is 1. The minimum Gasteiger partial charge on any atom is -0.468 e. The van der Waals surface area contributed by atoms with Gasteiger partial charge in [-0.1, -0.05) is 12.8 Å². The van der Waals surface area contributed by atoms with Crippen LogP contribution < -0.4 is 5.32 Å². The zero-order chi connectivity index (χ0) is 15.3. The van der Waals surface area contributed by atoms with Gasteiger partial charge in [0.15, 0.2) is 0 Å². The Labute approximate surface area is 129 Å². The molecule has 1 saturated carbocycles. The third-order valence-corrected chi connectivity index (χ3v) is 5.02.